The predicted molar refractivity (Wildman–Crippen MR) is 93.7 cm³/mol. The standard InChI is InChI=1S/C16H11ClFN5S/c17-16-20-12-8-2-1-3-9(18)13(8)24-14(12)15(21-16)19-11-6-10(22-23-11)7-4-5-7/h1-3,6-7H,4-5H2,(H2,19,20,21,22,23). The summed E-state index contributed by atoms with van der Waals surface area (Å²) in [5.41, 5.74) is 1.77. The summed E-state index contributed by atoms with van der Waals surface area (Å²) >= 11 is 7.38. The third kappa shape index (κ3) is 2.23. The molecule has 1 aliphatic rings. The van der Waals surface area contributed by atoms with Gasteiger partial charge in [0.15, 0.2) is 11.6 Å². The van der Waals surface area contributed by atoms with Crippen molar-refractivity contribution in [2.45, 2.75) is 18.8 Å². The SMILES string of the molecule is Fc1cccc2c1sc1c(Nc3cc(C4CC4)[nH]n3)nc(Cl)nc12. The number of anilines is 2. The average molecular weight is 360 g/mol. The molecule has 120 valence electrons. The molecule has 1 aliphatic carbocycles. The number of hydrogen-bond acceptors (Lipinski definition) is 5. The molecule has 1 aromatic carbocycles. The van der Waals surface area contributed by atoms with Crippen LogP contribution in [0.2, 0.25) is 5.28 Å². The zero-order valence-corrected chi connectivity index (χ0v) is 13.9. The highest BCUT2D eigenvalue weighted by Gasteiger charge is 2.25. The molecule has 8 heteroatoms. The van der Waals surface area contributed by atoms with E-state index in [0.29, 0.717) is 27.8 Å². The molecule has 1 fully saturated rings. The van der Waals surface area contributed by atoms with Crippen LogP contribution >= 0.6 is 22.9 Å². The summed E-state index contributed by atoms with van der Waals surface area (Å²) < 4.78 is 15.4. The summed E-state index contributed by atoms with van der Waals surface area (Å²) in [6, 6.07) is 6.93. The lowest BCUT2D eigenvalue weighted by Gasteiger charge is -2.03. The lowest BCUT2D eigenvalue weighted by atomic mass is 10.2. The fourth-order valence-electron chi connectivity index (χ4n) is 2.81. The van der Waals surface area contributed by atoms with Crippen LogP contribution in [0.3, 0.4) is 0 Å². The van der Waals surface area contributed by atoms with Gasteiger partial charge in [-0.25, -0.2) is 9.37 Å². The highest BCUT2D eigenvalue weighted by Crippen LogP contribution is 2.41. The molecule has 0 atom stereocenters. The van der Waals surface area contributed by atoms with Gasteiger partial charge in [-0.15, -0.1) is 11.3 Å². The Bertz CT molecular complexity index is 1080. The van der Waals surface area contributed by atoms with E-state index in [-0.39, 0.29) is 11.1 Å². The van der Waals surface area contributed by atoms with Gasteiger partial charge < -0.3 is 5.32 Å². The second-order valence-electron chi connectivity index (χ2n) is 5.85. The molecule has 1 saturated carbocycles. The van der Waals surface area contributed by atoms with Crippen molar-refractivity contribution >= 4 is 54.9 Å². The first-order valence-corrected chi connectivity index (χ1v) is 8.75. The molecule has 0 spiro atoms. The van der Waals surface area contributed by atoms with Crippen LogP contribution in [0.5, 0.6) is 0 Å². The van der Waals surface area contributed by atoms with Gasteiger partial charge in [-0.1, -0.05) is 12.1 Å². The fourth-order valence-corrected chi connectivity index (χ4v) is 4.07. The smallest absolute Gasteiger partial charge is 0.225 e. The zero-order chi connectivity index (χ0) is 16.3. The number of nitrogens with zero attached hydrogens (tertiary/aromatic N) is 3. The first-order chi connectivity index (χ1) is 11.7. The maximum absolute atomic E-state index is 14.1. The molecule has 0 aliphatic heterocycles. The van der Waals surface area contributed by atoms with Gasteiger partial charge in [0.1, 0.15) is 5.82 Å². The summed E-state index contributed by atoms with van der Waals surface area (Å²) in [5.74, 6) is 1.53. The summed E-state index contributed by atoms with van der Waals surface area (Å²) in [6.07, 6.45) is 2.39. The molecular weight excluding hydrogens is 349 g/mol. The maximum atomic E-state index is 14.1. The third-order valence-electron chi connectivity index (χ3n) is 4.13. The summed E-state index contributed by atoms with van der Waals surface area (Å²) in [5, 5.41) is 11.4. The number of rotatable bonds is 3. The highest BCUT2D eigenvalue weighted by atomic mass is 35.5. The van der Waals surface area contributed by atoms with E-state index in [9.17, 15) is 4.39 Å². The Morgan fingerprint density at radius 2 is 2.12 bits per heavy atom. The van der Waals surface area contributed by atoms with E-state index in [1.165, 1.54) is 30.2 Å². The van der Waals surface area contributed by atoms with Crippen LogP contribution in [-0.4, -0.2) is 20.2 Å². The van der Waals surface area contributed by atoms with E-state index in [1.54, 1.807) is 6.07 Å². The predicted octanol–water partition coefficient (Wildman–Crippen LogP) is 4.98. The molecule has 5 nitrogen and oxygen atoms in total. The second kappa shape index (κ2) is 5.12. The quantitative estimate of drug-likeness (QED) is 0.506. The Labute approximate surface area is 144 Å². The lowest BCUT2D eigenvalue weighted by molar-refractivity contribution is 0.642. The van der Waals surface area contributed by atoms with Gasteiger partial charge in [0.2, 0.25) is 5.28 Å². The van der Waals surface area contributed by atoms with Crippen LogP contribution in [0.15, 0.2) is 24.3 Å². The number of aromatic nitrogens is 4. The van der Waals surface area contributed by atoms with Gasteiger partial charge >= 0.3 is 0 Å². The lowest BCUT2D eigenvalue weighted by Crippen LogP contribution is -1.96. The van der Waals surface area contributed by atoms with Gasteiger partial charge in [0.05, 0.1) is 14.9 Å². The molecular formula is C16H11ClFN5S. The molecule has 0 saturated heterocycles. The van der Waals surface area contributed by atoms with Crippen LogP contribution in [0.1, 0.15) is 24.5 Å². The molecule has 3 heterocycles. The molecule has 4 aromatic rings. The Morgan fingerprint density at radius 3 is 2.96 bits per heavy atom. The van der Waals surface area contributed by atoms with Gasteiger partial charge in [-0.05, 0) is 30.5 Å². The number of aromatic amines is 1. The van der Waals surface area contributed by atoms with E-state index in [2.05, 4.69) is 25.5 Å². The van der Waals surface area contributed by atoms with Crippen molar-refractivity contribution in [1.29, 1.82) is 0 Å². The number of fused-ring (bicyclic) bond motifs is 3. The molecule has 24 heavy (non-hydrogen) atoms. The van der Waals surface area contributed by atoms with Crippen LogP contribution < -0.4 is 5.32 Å². The second-order valence-corrected chi connectivity index (χ2v) is 7.20. The van der Waals surface area contributed by atoms with Crippen molar-refractivity contribution in [2.75, 3.05) is 5.32 Å². The summed E-state index contributed by atoms with van der Waals surface area (Å²) in [7, 11) is 0. The first-order valence-electron chi connectivity index (χ1n) is 7.55. The van der Waals surface area contributed by atoms with Crippen molar-refractivity contribution in [1.82, 2.24) is 20.2 Å². The third-order valence-corrected chi connectivity index (χ3v) is 5.50. The van der Waals surface area contributed by atoms with Crippen molar-refractivity contribution < 1.29 is 4.39 Å². The minimum absolute atomic E-state index is 0.118. The van der Waals surface area contributed by atoms with Crippen LogP contribution in [0, 0.1) is 5.82 Å². The van der Waals surface area contributed by atoms with Crippen LogP contribution in [-0.2, 0) is 0 Å². The zero-order valence-electron chi connectivity index (χ0n) is 12.3. The largest absolute Gasteiger partial charge is 0.322 e. The van der Waals surface area contributed by atoms with E-state index in [0.717, 1.165) is 15.8 Å². The normalized spacial score (nSPS) is 14.6. The number of hydrogen-bond donors (Lipinski definition) is 2. The number of halogens is 2. The molecule has 0 unspecified atom stereocenters. The molecule has 5 rings (SSSR count). The summed E-state index contributed by atoms with van der Waals surface area (Å²) in [6.45, 7) is 0. The monoisotopic (exact) mass is 359 g/mol. The van der Waals surface area contributed by atoms with Gasteiger partial charge in [0, 0.05) is 23.1 Å². The minimum atomic E-state index is -0.270. The Hall–Kier alpha value is -2.25. The molecule has 0 radical (unpaired) electrons. The molecule has 0 bridgehead atoms. The first kappa shape index (κ1) is 14.1. The van der Waals surface area contributed by atoms with E-state index >= 15 is 0 Å². The van der Waals surface area contributed by atoms with Gasteiger partial charge in [-0.2, -0.15) is 10.1 Å². The van der Waals surface area contributed by atoms with Crippen molar-refractivity contribution in [2.24, 2.45) is 0 Å². The minimum Gasteiger partial charge on any atom is -0.322 e. The van der Waals surface area contributed by atoms with Crippen LogP contribution in [0.4, 0.5) is 16.0 Å². The van der Waals surface area contributed by atoms with Crippen molar-refractivity contribution in [3.63, 3.8) is 0 Å². The number of thiophene rings is 1. The molecule has 0 amide bonds. The van der Waals surface area contributed by atoms with E-state index in [4.69, 9.17) is 11.6 Å². The summed E-state index contributed by atoms with van der Waals surface area (Å²) in [4.78, 5) is 8.55. The fraction of sp³-hybridized carbons (Fsp3) is 0.188. The maximum Gasteiger partial charge on any atom is 0.225 e. The molecule has 2 N–H and O–H groups in total. The Balaban J connectivity index is 1.66. The van der Waals surface area contributed by atoms with E-state index < -0.39 is 0 Å². The molecule has 3 aromatic heterocycles. The topological polar surface area (TPSA) is 66.5 Å². The van der Waals surface area contributed by atoms with E-state index in [1.807, 2.05) is 12.1 Å². The van der Waals surface area contributed by atoms with Crippen LogP contribution in [0.25, 0.3) is 20.3 Å². The number of benzene rings is 1. The Morgan fingerprint density at radius 1 is 1.25 bits per heavy atom. The average Bonchev–Trinajstić information content (AvgIpc) is 3.19. The van der Waals surface area contributed by atoms with Gasteiger partial charge in [0.25, 0.3) is 0 Å². The number of nitrogens with one attached hydrogen (secondary N) is 2. The Kier molecular flexibility index (Phi) is 3.01. The highest BCUT2D eigenvalue weighted by molar-refractivity contribution is 7.26. The van der Waals surface area contributed by atoms with Crippen molar-refractivity contribution in [3.05, 3.63) is 41.1 Å². The van der Waals surface area contributed by atoms with Crippen molar-refractivity contribution in [3.8, 4) is 0 Å². The van der Waals surface area contributed by atoms with Gasteiger partial charge in [-0.3, -0.25) is 5.10 Å². The number of H-pyrrole nitrogens is 1.